The second-order valence-corrected chi connectivity index (χ2v) is 7.63. The molecule has 2 rings (SSSR count). The van der Waals surface area contributed by atoms with Crippen LogP contribution in [0.2, 0.25) is 0 Å². The van der Waals surface area contributed by atoms with E-state index >= 15 is 0 Å². The fourth-order valence-corrected chi connectivity index (χ4v) is 2.96. The molecule has 1 aromatic rings. The number of aryl methyl sites for hydroxylation is 1. The molecule has 1 saturated heterocycles. The number of piperidine rings is 1. The van der Waals surface area contributed by atoms with Crippen molar-refractivity contribution in [1.82, 2.24) is 9.88 Å². The number of carbonyl (C=O) groups is 1. The molecule has 0 aromatic carbocycles. The molecule has 1 aliphatic heterocycles. The predicted molar refractivity (Wildman–Crippen MR) is 89.2 cm³/mol. The highest BCUT2D eigenvalue weighted by Gasteiger charge is 2.37. The van der Waals surface area contributed by atoms with Crippen LogP contribution in [0.1, 0.15) is 44.9 Å². The summed E-state index contributed by atoms with van der Waals surface area (Å²) >= 11 is 0. The molecule has 1 fully saturated rings. The van der Waals surface area contributed by atoms with Gasteiger partial charge in [0, 0.05) is 37.0 Å². The Balaban J connectivity index is 1.98. The van der Waals surface area contributed by atoms with Crippen molar-refractivity contribution >= 4 is 6.09 Å². The number of hydrogen-bond acceptors (Lipinski definition) is 4. The summed E-state index contributed by atoms with van der Waals surface area (Å²) < 4.78 is 5.43. The smallest absolute Gasteiger partial charge is 0.410 e. The van der Waals surface area contributed by atoms with Crippen molar-refractivity contribution in [3.63, 3.8) is 0 Å². The number of likely N-dealkylation sites (tertiary alicyclic amines) is 1. The van der Waals surface area contributed by atoms with E-state index in [1.54, 1.807) is 4.90 Å². The second kappa shape index (κ2) is 6.87. The second-order valence-electron chi connectivity index (χ2n) is 7.63. The molecule has 0 saturated carbocycles. The average molecular weight is 320 g/mol. The van der Waals surface area contributed by atoms with Gasteiger partial charge in [0.25, 0.3) is 0 Å². The number of hydrogen-bond donors (Lipinski definition) is 1. The largest absolute Gasteiger partial charge is 0.444 e. The van der Waals surface area contributed by atoms with E-state index in [1.807, 2.05) is 40.0 Å². The van der Waals surface area contributed by atoms with E-state index in [2.05, 4.69) is 11.1 Å². The van der Waals surface area contributed by atoms with Gasteiger partial charge in [0.1, 0.15) is 5.60 Å². The quantitative estimate of drug-likeness (QED) is 0.930. The molecular formula is C18H28N2O3. The third kappa shape index (κ3) is 4.93. The number of aliphatic hydroxyl groups excluding tert-OH is 1. The minimum absolute atomic E-state index is 0.116. The third-order valence-electron chi connectivity index (χ3n) is 4.34. The van der Waals surface area contributed by atoms with Crippen LogP contribution >= 0.6 is 0 Å². The maximum Gasteiger partial charge on any atom is 0.410 e. The Bertz CT molecular complexity index is 543. The normalized spacial score (nSPS) is 17.9. The van der Waals surface area contributed by atoms with Gasteiger partial charge >= 0.3 is 6.09 Å². The Morgan fingerprint density at radius 3 is 2.57 bits per heavy atom. The highest BCUT2D eigenvalue weighted by molar-refractivity contribution is 5.68. The average Bonchev–Trinajstić information content (AvgIpc) is 2.46. The zero-order valence-electron chi connectivity index (χ0n) is 14.6. The standard InChI is InChI=1S/C18H28N2O3/c1-14-5-8-19-15(11-14)12-18(13-21)6-9-20(10-7-18)16(22)23-17(2,3)4/h5,8,11,21H,6-7,9-10,12-13H2,1-4H3. The first-order chi connectivity index (χ1) is 10.7. The van der Waals surface area contributed by atoms with Gasteiger partial charge in [0.15, 0.2) is 0 Å². The molecule has 128 valence electrons. The Morgan fingerprint density at radius 2 is 2.04 bits per heavy atom. The summed E-state index contributed by atoms with van der Waals surface area (Å²) in [5.74, 6) is 0. The topological polar surface area (TPSA) is 62.7 Å². The van der Waals surface area contributed by atoms with Gasteiger partial charge in [-0.1, -0.05) is 0 Å². The number of amides is 1. The van der Waals surface area contributed by atoms with E-state index in [1.165, 1.54) is 5.56 Å². The first-order valence-electron chi connectivity index (χ1n) is 8.23. The lowest BCUT2D eigenvalue weighted by atomic mass is 9.75. The summed E-state index contributed by atoms with van der Waals surface area (Å²) in [6.07, 6.45) is 3.81. The van der Waals surface area contributed by atoms with Crippen LogP contribution in [0.25, 0.3) is 0 Å². The Hall–Kier alpha value is -1.62. The fraction of sp³-hybridized carbons (Fsp3) is 0.667. The molecule has 1 amide bonds. The fourth-order valence-electron chi connectivity index (χ4n) is 2.96. The highest BCUT2D eigenvalue weighted by Crippen LogP contribution is 2.34. The number of ether oxygens (including phenoxy) is 1. The maximum absolute atomic E-state index is 12.1. The molecule has 0 radical (unpaired) electrons. The summed E-state index contributed by atoms with van der Waals surface area (Å²) in [6, 6.07) is 4.04. The van der Waals surface area contributed by atoms with Gasteiger partial charge in [0.2, 0.25) is 0 Å². The Kier molecular flexibility index (Phi) is 5.30. The van der Waals surface area contributed by atoms with Crippen molar-refractivity contribution in [2.24, 2.45) is 5.41 Å². The van der Waals surface area contributed by atoms with Crippen molar-refractivity contribution in [1.29, 1.82) is 0 Å². The Labute approximate surface area is 138 Å². The highest BCUT2D eigenvalue weighted by atomic mass is 16.6. The van der Waals surface area contributed by atoms with Crippen LogP contribution < -0.4 is 0 Å². The molecule has 0 unspecified atom stereocenters. The monoisotopic (exact) mass is 320 g/mol. The van der Waals surface area contributed by atoms with E-state index in [0.717, 1.165) is 25.0 Å². The number of pyridine rings is 1. The van der Waals surface area contributed by atoms with E-state index in [-0.39, 0.29) is 18.1 Å². The molecule has 2 heterocycles. The van der Waals surface area contributed by atoms with Crippen LogP contribution in [0.5, 0.6) is 0 Å². The van der Waals surface area contributed by atoms with Gasteiger partial charge < -0.3 is 14.7 Å². The summed E-state index contributed by atoms with van der Waals surface area (Å²) in [5.41, 5.74) is 1.51. The van der Waals surface area contributed by atoms with Gasteiger partial charge in [-0.05, 0) is 64.7 Å². The third-order valence-corrected chi connectivity index (χ3v) is 4.34. The van der Waals surface area contributed by atoms with E-state index in [4.69, 9.17) is 4.74 Å². The lowest BCUT2D eigenvalue weighted by Crippen LogP contribution is -2.47. The summed E-state index contributed by atoms with van der Waals surface area (Å²) in [5, 5.41) is 9.92. The number of aromatic nitrogens is 1. The predicted octanol–water partition coefficient (Wildman–Crippen LogP) is 2.94. The van der Waals surface area contributed by atoms with Crippen LogP contribution in [0.3, 0.4) is 0 Å². The van der Waals surface area contributed by atoms with Gasteiger partial charge in [-0.2, -0.15) is 0 Å². The zero-order valence-corrected chi connectivity index (χ0v) is 14.6. The molecule has 5 nitrogen and oxygen atoms in total. The van der Waals surface area contributed by atoms with Gasteiger partial charge in [0.05, 0.1) is 0 Å². The summed E-state index contributed by atoms with van der Waals surface area (Å²) in [4.78, 5) is 18.3. The molecule has 1 aliphatic rings. The molecule has 0 aliphatic carbocycles. The number of nitrogens with zero attached hydrogens (tertiary/aromatic N) is 2. The van der Waals surface area contributed by atoms with Gasteiger partial charge in [-0.25, -0.2) is 4.79 Å². The van der Waals surface area contributed by atoms with Crippen LogP contribution in [0, 0.1) is 12.3 Å². The van der Waals surface area contributed by atoms with Crippen LogP contribution in [-0.4, -0.2) is 46.4 Å². The molecule has 0 atom stereocenters. The van der Waals surface area contributed by atoms with Crippen molar-refractivity contribution in [3.05, 3.63) is 29.6 Å². The van der Waals surface area contributed by atoms with Crippen molar-refractivity contribution in [2.45, 2.75) is 52.6 Å². The molecule has 23 heavy (non-hydrogen) atoms. The van der Waals surface area contributed by atoms with E-state index in [9.17, 15) is 9.90 Å². The Morgan fingerprint density at radius 1 is 1.39 bits per heavy atom. The minimum atomic E-state index is -0.478. The lowest BCUT2D eigenvalue weighted by Gasteiger charge is -2.40. The number of aliphatic hydroxyl groups is 1. The molecule has 0 spiro atoms. The zero-order chi connectivity index (χ0) is 17.1. The van der Waals surface area contributed by atoms with Crippen LogP contribution in [0.15, 0.2) is 18.3 Å². The first-order valence-corrected chi connectivity index (χ1v) is 8.23. The first kappa shape index (κ1) is 17.7. The molecule has 1 N–H and O–H groups in total. The van der Waals surface area contributed by atoms with Crippen molar-refractivity contribution < 1.29 is 14.6 Å². The van der Waals surface area contributed by atoms with E-state index < -0.39 is 5.60 Å². The number of carbonyl (C=O) groups excluding carboxylic acids is 1. The summed E-state index contributed by atoms with van der Waals surface area (Å²) in [6.45, 7) is 9.00. The molecular weight excluding hydrogens is 292 g/mol. The summed E-state index contributed by atoms with van der Waals surface area (Å²) in [7, 11) is 0. The molecule has 0 bridgehead atoms. The minimum Gasteiger partial charge on any atom is -0.444 e. The van der Waals surface area contributed by atoms with Crippen LogP contribution in [-0.2, 0) is 11.2 Å². The number of rotatable bonds is 3. The maximum atomic E-state index is 12.1. The molecule has 1 aromatic heterocycles. The van der Waals surface area contributed by atoms with Gasteiger partial charge in [-0.15, -0.1) is 0 Å². The molecule has 5 heteroatoms. The van der Waals surface area contributed by atoms with Gasteiger partial charge in [-0.3, -0.25) is 4.98 Å². The van der Waals surface area contributed by atoms with Crippen LogP contribution in [0.4, 0.5) is 4.79 Å². The van der Waals surface area contributed by atoms with Crippen molar-refractivity contribution in [2.75, 3.05) is 19.7 Å². The van der Waals surface area contributed by atoms with E-state index in [0.29, 0.717) is 13.1 Å². The SMILES string of the molecule is Cc1ccnc(CC2(CO)CCN(C(=O)OC(C)(C)C)CC2)c1. The lowest BCUT2D eigenvalue weighted by molar-refractivity contribution is -0.000389. The van der Waals surface area contributed by atoms with Crippen molar-refractivity contribution in [3.8, 4) is 0 Å².